The van der Waals surface area contributed by atoms with Crippen molar-refractivity contribution < 1.29 is 48.7 Å². The van der Waals surface area contributed by atoms with Gasteiger partial charge in [0.05, 0.1) is 0 Å². The van der Waals surface area contributed by atoms with Crippen LogP contribution in [0, 0.1) is 0 Å². The minimum Gasteiger partial charge on any atom is -0.382 e. The lowest BCUT2D eigenvalue weighted by Gasteiger charge is -2.54. The van der Waals surface area contributed by atoms with Crippen molar-refractivity contribution in [2.75, 3.05) is 0 Å². The molecule has 1 unspecified atom stereocenters. The Kier molecular flexibility index (Phi) is 5.52. The summed E-state index contributed by atoms with van der Waals surface area (Å²) in [4.78, 5) is 46.5. The van der Waals surface area contributed by atoms with E-state index in [1.54, 1.807) is 5.32 Å². The highest BCUT2D eigenvalue weighted by molar-refractivity contribution is 5.93. The van der Waals surface area contributed by atoms with Gasteiger partial charge in [0.1, 0.15) is 12.1 Å². The van der Waals surface area contributed by atoms with E-state index in [1.807, 2.05) is 0 Å². The molecular formula is C14H20FNO9. The summed E-state index contributed by atoms with van der Waals surface area (Å²) in [5.41, 5.74) is -3.61. The lowest BCUT2D eigenvalue weighted by Crippen LogP contribution is -2.84. The molecule has 1 rings (SSSR count). The Labute approximate surface area is 141 Å². The Morgan fingerprint density at radius 1 is 1.04 bits per heavy atom. The number of amides is 1. The average molecular weight is 365 g/mol. The van der Waals surface area contributed by atoms with E-state index in [0.717, 1.165) is 20.8 Å². The van der Waals surface area contributed by atoms with E-state index in [-0.39, 0.29) is 0 Å². The summed E-state index contributed by atoms with van der Waals surface area (Å²) in [6.45, 7) is 3.00. The average Bonchev–Trinajstić information content (AvgIpc) is 2.46. The van der Waals surface area contributed by atoms with Crippen LogP contribution in [0.1, 0.15) is 27.7 Å². The molecule has 25 heavy (non-hydrogen) atoms. The molecule has 0 aromatic heterocycles. The zero-order valence-electron chi connectivity index (χ0n) is 13.9. The van der Waals surface area contributed by atoms with E-state index in [0.29, 0.717) is 6.92 Å². The molecule has 1 heterocycles. The summed E-state index contributed by atoms with van der Waals surface area (Å²) < 4.78 is 19.7. The first-order valence-corrected chi connectivity index (χ1v) is 7.15. The van der Waals surface area contributed by atoms with E-state index < -0.39 is 58.7 Å². The van der Waals surface area contributed by atoms with Crippen LogP contribution in [0.25, 0.3) is 0 Å². The highest BCUT2D eigenvalue weighted by atomic mass is 19.2. The number of halogens is 1. The third-order valence-electron chi connectivity index (χ3n) is 4.12. The molecule has 11 heteroatoms. The Hall–Kier alpha value is -1.79. The zero-order valence-corrected chi connectivity index (χ0v) is 13.9. The third-order valence-corrected chi connectivity index (χ3v) is 4.12. The van der Waals surface area contributed by atoms with Crippen LogP contribution in [0.5, 0.6) is 0 Å². The van der Waals surface area contributed by atoms with Gasteiger partial charge in [-0.1, -0.05) is 0 Å². The minimum absolute atomic E-state index is 0.614. The van der Waals surface area contributed by atoms with Gasteiger partial charge in [0, 0.05) is 13.8 Å². The molecule has 0 aliphatic carbocycles. The SMILES string of the molecule is CC(=O)N[C@H]1[C@](O)(C(C)=O)O[C@H](C(O)C(C)=O)[C@](O)(F)[C@@]1(O)C(C)=O. The van der Waals surface area contributed by atoms with Crippen LogP contribution in [-0.4, -0.2) is 79.2 Å². The lowest BCUT2D eigenvalue weighted by atomic mass is 9.71. The molecule has 142 valence electrons. The van der Waals surface area contributed by atoms with Crippen LogP contribution in [0.15, 0.2) is 0 Å². The first-order valence-electron chi connectivity index (χ1n) is 7.15. The molecule has 6 atom stereocenters. The second-order valence-electron chi connectivity index (χ2n) is 5.98. The standard InChI is InChI=1S/C14H20FNO9/c1-5(17)9(21)10-14(15,24)12(22,6(2)18)11(16-8(4)20)13(23,25-10)7(3)19/h9-11,21-24H,1-4H3,(H,16,20)/t9?,10-,11-,12-,13+,14-/m1/s1. The summed E-state index contributed by atoms with van der Waals surface area (Å²) in [5, 5.41) is 42.7. The number of hydrogen-bond donors (Lipinski definition) is 5. The largest absolute Gasteiger partial charge is 0.382 e. The first-order chi connectivity index (χ1) is 11.1. The van der Waals surface area contributed by atoms with Crippen LogP contribution in [-0.2, 0) is 23.9 Å². The van der Waals surface area contributed by atoms with Crippen molar-refractivity contribution in [2.24, 2.45) is 0 Å². The predicted octanol–water partition coefficient (Wildman–Crippen LogP) is -2.90. The number of nitrogens with one attached hydrogen (secondary N) is 1. The predicted molar refractivity (Wildman–Crippen MR) is 76.5 cm³/mol. The fraction of sp³-hybridized carbons (Fsp3) is 0.714. The summed E-state index contributed by atoms with van der Waals surface area (Å²) >= 11 is 0. The third kappa shape index (κ3) is 3.09. The number of Topliss-reactive ketones (excluding diaryl/α,β-unsaturated/α-hetero) is 3. The van der Waals surface area contributed by atoms with Crippen molar-refractivity contribution in [3.05, 3.63) is 0 Å². The summed E-state index contributed by atoms with van der Waals surface area (Å²) in [6.07, 6.45) is -5.14. The van der Waals surface area contributed by atoms with Gasteiger partial charge < -0.3 is 30.5 Å². The number of ketones is 3. The first kappa shape index (κ1) is 21.3. The highest BCUT2D eigenvalue weighted by Crippen LogP contribution is 2.45. The fourth-order valence-electron chi connectivity index (χ4n) is 2.67. The molecule has 0 aromatic carbocycles. The van der Waals surface area contributed by atoms with Crippen molar-refractivity contribution >= 4 is 23.3 Å². The molecule has 0 radical (unpaired) electrons. The van der Waals surface area contributed by atoms with Gasteiger partial charge in [-0.15, -0.1) is 0 Å². The van der Waals surface area contributed by atoms with Gasteiger partial charge in [-0.2, -0.15) is 0 Å². The second kappa shape index (κ2) is 6.50. The van der Waals surface area contributed by atoms with Gasteiger partial charge in [-0.25, -0.2) is 4.39 Å². The number of ether oxygens (including phenoxy) is 1. The molecule has 0 bridgehead atoms. The van der Waals surface area contributed by atoms with Gasteiger partial charge in [-0.05, 0) is 13.8 Å². The molecule has 0 aromatic rings. The van der Waals surface area contributed by atoms with E-state index in [4.69, 9.17) is 4.74 Å². The van der Waals surface area contributed by atoms with Gasteiger partial charge in [-0.3, -0.25) is 19.2 Å². The maximum Gasteiger partial charge on any atom is 0.274 e. The number of rotatable bonds is 5. The number of carbonyl (C=O) groups is 4. The number of alkyl halides is 1. The van der Waals surface area contributed by atoms with Crippen molar-refractivity contribution in [1.29, 1.82) is 0 Å². The van der Waals surface area contributed by atoms with Gasteiger partial charge in [0.25, 0.3) is 11.6 Å². The molecule has 0 spiro atoms. The van der Waals surface area contributed by atoms with Crippen LogP contribution >= 0.6 is 0 Å². The Morgan fingerprint density at radius 3 is 1.84 bits per heavy atom. The van der Waals surface area contributed by atoms with E-state index in [1.165, 1.54) is 0 Å². The van der Waals surface area contributed by atoms with Crippen LogP contribution in [0.3, 0.4) is 0 Å². The molecule has 1 aliphatic heterocycles. The quantitative estimate of drug-likeness (QED) is 0.343. The highest BCUT2D eigenvalue weighted by Gasteiger charge is 2.75. The second-order valence-corrected chi connectivity index (χ2v) is 5.98. The van der Waals surface area contributed by atoms with Crippen molar-refractivity contribution in [3.63, 3.8) is 0 Å². The minimum atomic E-state index is -4.14. The van der Waals surface area contributed by atoms with E-state index >= 15 is 4.39 Å². The Bertz CT molecular complexity index is 621. The number of aliphatic hydroxyl groups excluding tert-OH is 1. The summed E-state index contributed by atoms with van der Waals surface area (Å²) in [5.74, 6) is -12.3. The maximum absolute atomic E-state index is 15.0. The molecule has 0 saturated carbocycles. The fourth-order valence-corrected chi connectivity index (χ4v) is 2.67. The smallest absolute Gasteiger partial charge is 0.274 e. The number of carbonyl (C=O) groups excluding carboxylic acids is 4. The van der Waals surface area contributed by atoms with Gasteiger partial charge in [0.2, 0.25) is 11.5 Å². The topological polar surface area (TPSA) is 170 Å². The van der Waals surface area contributed by atoms with Crippen LogP contribution in [0.2, 0.25) is 0 Å². The summed E-state index contributed by atoms with van der Waals surface area (Å²) in [6, 6.07) is -2.46. The van der Waals surface area contributed by atoms with Crippen LogP contribution < -0.4 is 5.32 Å². The van der Waals surface area contributed by atoms with E-state index in [2.05, 4.69) is 0 Å². The van der Waals surface area contributed by atoms with Gasteiger partial charge in [0.15, 0.2) is 23.5 Å². The zero-order chi connectivity index (χ0) is 20.0. The molecule has 1 saturated heterocycles. The van der Waals surface area contributed by atoms with Crippen molar-refractivity contribution in [2.45, 2.75) is 63.2 Å². The summed E-state index contributed by atoms with van der Waals surface area (Å²) in [7, 11) is 0. The van der Waals surface area contributed by atoms with Gasteiger partial charge >= 0.3 is 0 Å². The van der Waals surface area contributed by atoms with Crippen molar-refractivity contribution in [3.8, 4) is 0 Å². The number of aliphatic hydroxyl groups is 4. The maximum atomic E-state index is 15.0. The molecule has 1 aliphatic rings. The van der Waals surface area contributed by atoms with E-state index in [9.17, 15) is 39.6 Å². The molecule has 1 fully saturated rings. The number of hydrogen-bond acceptors (Lipinski definition) is 9. The molecule has 10 nitrogen and oxygen atoms in total. The monoisotopic (exact) mass is 365 g/mol. The Morgan fingerprint density at radius 2 is 1.52 bits per heavy atom. The normalized spacial score (nSPS) is 39.4. The van der Waals surface area contributed by atoms with Crippen LogP contribution in [0.4, 0.5) is 4.39 Å². The molecule has 1 amide bonds. The lowest BCUT2D eigenvalue weighted by molar-refractivity contribution is -0.386. The Balaban J connectivity index is 3.74. The molecular weight excluding hydrogens is 345 g/mol. The molecule has 5 N–H and O–H groups in total. The van der Waals surface area contributed by atoms with Crippen molar-refractivity contribution in [1.82, 2.24) is 5.32 Å².